The molecule has 0 spiro atoms. The third kappa shape index (κ3) is 2.33. The fourth-order valence-electron chi connectivity index (χ4n) is 4.41. The highest BCUT2D eigenvalue weighted by molar-refractivity contribution is 5.86. The van der Waals surface area contributed by atoms with Crippen LogP contribution in [0.5, 0.6) is 0 Å². The first-order chi connectivity index (χ1) is 9.44. The van der Waals surface area contributed by atoms with E-state index < -0.39 is 0 Å². The molecule has 2 bridgehead atoms. The number of fused-ring (bicyclic) bond motifs is 2. The average molecular weight is 280 g/mol. The largest absolute Gasteiger partial charge is 0.353 e. The Hall–Kier alpha value is -0.410. The van der Waals surface area contributed by atoms with E-state index >= 15 is 0 Å². The van der Waals surface area contributed by atoms with E-state index in [4.69, 9.17) is 9.47 Å². The molecule has 3 aliphatic rings. The molecule has 3 nitrogen and oxygen atoms in total. The van der Waals surface area contributed by atoms with Crippen LogP contribution in [0.2, 0.25) is 0 Å². The molecule has 1 saturated heterocycles. The van der Waals surface area contributed by atoms with Crippen molar-refractivity contribution in [2.45, 2.75) is 78.1 Å². The van der Waals surface area contributed by atoms with Gasteiger partial charge in [0.15, 0.2) is 6.29 Å². The van der Waals surface area contributed by atoms with Crippen molar-refractivity contribution in [3.05, 3.63) is 0 Å². The van der Waals surface area contributed by atoms with Crippen LogP contribution in [0.4, 0.5) is 0 Å². The smallest absolute Gasteiger partial charge is 0.157 e. The van der Waals surface area contributed by atoms with Crippen LogP contribution in [-0.2, 0) is 14.3 Å². The first-order valence-corrected chi connectivity index (χ1v) is 8.24. The Kier molecular flexibility index (Phi) is 3.70. The molecule has 2 saturated carbocycles. The highest BCUT2D eigenvalue weighted by Gasteiger charge is 2.56. The van der Waals surface area contributed by atoms with Crippen molar-refractivity contribution in [3.8, 4) is 0 Å². The van der Waals surface area contributed by atoms with E-state index in [0.717, 1.165) is 32.3 Å². The molecule has 0 aromatic heterocycles. The molecule has 1 aliphatic heterocycles. The zero-order chi connectivity index (χ0) is 14.4. The molecular formula is C17H28O3. The number of hydrogen-bond acceptors (Lipinski definition) is 3. The van der Waals surface area contributed by atoms with Crippen LogP contribution < -0.4 is 0 Å². The van der Waals surface area contributed by atoms with Crippen molar-refractivity contribution >= 4 is 5.78 Å². The number of carbonyl (C=O) groups excluding carboxylic acids is 1. The topological polar surface area (TPSA) is 35.5 Å². The average Bonchev–Trinajstić information content (AvgIpc) is 2.82. The monoisotopic (exact) mass is 280 g/mol. The Morgan fingerprint density at radius 2 is 2.10 bits per heavy atom. The number of hydrogen-bond donors (Lipinski definition) is 0. The summed E-state index contributed by atoms with van der Waals surface area (Å²) in [6.07, 6.45) is 7.60. The summed E-state index contributed by atoms with van der Waals surface area (Å²) in [5.41, 5.74) is -0.0425. The Morgan fingerprint density at radius 3 is 2.80 bits per heavy atom. The second-order valence-electron chi connectivity index (χ2n) is 7.70. The maximum Gasteiger partial charge on any atom is 0.157 e. The second kappa shape index (κ2) is 5.10. The predicted molar refractivity (Wildman–Crippen MR) is 77.3 cm³/mol. The maximum absolute atomic E-state index is 12.5. The van der Waals surface area contributed by atoms with Gasteiger partial charge in [0.2, 0.25) is 0 Å². The number of ketones is 1. The summed E-state index contributed by atoms with van der Waals surface area (Å²) in [6.45, 7) is 7.24. The summed E-state index contributed by atoms with van der Waals surface area (Å²) in [5, 5.41) is 0. The molecule has 0 aromatic rings. The normalized spacial score (nSPS) is 41.6. The standard InChI is InChI=1S/C17H28O3/c1-12(20-15-6-4-5-9-19-15)17-8-7-13(10-17)16(2,3)14(18)11-17/h12-13,15H,4-11H2,1-3H3/t12?,13-,15?,17-/m1/s1. The molecule has 1 heterocycles. The summed E-state index contributed by atoms with van der Waals surface area (Å²) in [6, 6.07) is 0. The predicted octanol–water partition coefficient (Wildman–Crippen LogP) is 3.70. The Labute approximate surface area is 122 Å². The Balaban J connectivity index is 1.68. The lowest BCUT2D eigenvalue weighted by Gasteiger charge is -2.44. The van der Waals surface area contributed by atoms with Crippen LogP contribution in [-0.4, -0.2) is 24.8 Å². The van der Waals surface area contributed by atoms with Gasteiger partial charge in [-0.15, -0.1) is 0 Å². The third-order valence-electron chi connectivity index (χ3n) is 6.25. The van der Waals surface area contributed by atoms with Crippen molar-refractivity contribution in [1.29, 1.82) is 0 Å². The number of rotatable bonds is 3. The van der Waals surface area contributed by atoms with E-state index in [1.165, 1.54) is 12.8 Å². The van der Waals surface area contributed by atoms with Crippen LogP contribution in [0.3, 0.4) is 0 Å². The summed E-state index contributed by atoms with van der Waals surface area (Å²) in [7, 11) is 0. The molecule has 20 heavy (non-hydrogen) atoms. The van der Waals surface area contributed by atoms with Gasteiger partial charge in [-0.2, -0.15) is 0 Å². The van der Waals surface area contributed by atoms with E-state index in [1.807, 2.05) is 0 Å². The summed E-state index contributed by atoms with van der Waals surface area (Å²) < 4.78 is 11.9. The molecule has 2 aliphatic carbocycles. The molecule has 114 valence electrons. The first-order valence-electron chi connectivity index (χ1n) is 8.24. The molecule has 0 aromatic carbocycles. The lowest BCUT2D eigenvalue weighted by atomic mass is 9.62. The van der Waals surface area contributed by atoms with Crippen LogP contribution in [0, 0.1) is 16.7 Å². The van der Waals surface area contributed by atoms with Gasteiger partial charge in [-0.3, -0.25) is 4.79 Å². The lowest BCUT2D eigenvalue weighted by molar-refractivity contribution is -0.211. The van der Waals surface area contributed by atoms with E-state index in [2.05, 4.69) is 20.8 Å². The van der Waals surface area contributed by atoms with Crippen LogP contribution >= 0.6 is 0 Å². The van der Waals surface area contributed by atoms with Gasteiger partial charge in [-0.05, 0) is 51.4 Å². The summed E-state index contributed by atoms with van der Waals surface area (Å²) >= 11 is 0. The van der Waals surface area contributed by atoms with Gasteiger partial charge in [0.25, 0.3) is 0 Å². The van der Waals surface area contributed by atoms with Crippen molar-refractivity contribution in [1.82, 2.24) is 0 Å². The van der Waals surface area contributed by atoms with Gasteiger partial charge in [0.1, 0.15) is 5.78 Å². The number of Topliss-reactive ketones (excluding diaryl/α,β-unsaturated/α-hetero) is 1. The fourth-order valence-corrected chi connectivity index (χ4v) is 4.41. The first kappa shape index (κ1) is 14.5. The Morgan fingerprint density at radius 1 is 1.30 bits per heavy atom. The minimum Gasteiger partial charge on any atom is -0.353 e. The highest BCUT2D eigenvalue weighted by atomic mass is 16.7. The zero-order valence-electron chi connectivity index (χ0n) is 13.1. The van der Waals surface area contributed by atoms with E-state index in [9.17, 15) is 4.79 Å². The minimum absolute atomic E-state index is 0.0442. The van der Waals surface area contributed by atoms with Crippen molar-refractivity contribution in [2.75, 3.05) is 6.61 Å². The van der Waals surface area contributed by atoms with Crippen LogP contribution in [0.25, 0.3) is 0 Å². The number of ether oxygens (including phenoxy) is 2. The molecule has 0 N–H and O–H groups in total. The molecule has 3 fully saturated rings. The van der Waals surface area contributed by atoms with Gasteiger partial charge in [-0.25, -0.2) is 0 Å². The van der Waals surface area contributed by atoms with Crippen molar-refractivity contribution in [3.63, 3.8) is 0 Å². The lowest BCUT2D eigenvalue weighted by Crippen LogP contribution is -2.46. The van der Waals surface area contributed by atoms with Gasteiger partial charge < -0.3 is 9.47 Å². The summed E-state index contributed by atoms with van der Waals surface area (Å²) in [5.74, 6) is 0.980. The Bertz CT molecular complexity index is 384. The number of carbonyl (C=O) groups is 1. The van der Waals surface area contributed by atoms with Crippen molar-refractivity contribution in [2.24, 2.45) is 16.7 Å². The third-order valence-corrected chi connectivity index (χ3v) is 6.25. The van der Waals surface area contributed by atoms with Gasteiger partial charge >= 0.3 is 0 Å². The molecular weight excluding hydrogens is 252 g/mol. The van der Waals surface area contributed by atoms with Crippen LogP contribution in [0.15, 0.2) is 0 Å². The van der Waals surface area contributed by atoms with E-state index in [0.29, 0.717) is 18.1 Å². The highest BCUT2D eigenvalue weighted by Crippen LogP contribution is 2.58. The molecule has 0 amide bonds. The zero-order valence-corrected chi connectivity index (χ0v) is 13.1. The fraction of sp³-hybridized carbons (Fsp3) is 0.941. The van der Waals surface area contributed by atoms with E-state index in [-0.39, 0.29) is 23.2 Å². The maximum atomic E-state index is 12.5. The minimum atomic E-state index is -0.124. The second-order valence-corrected chi connectivity index (χ2v) is 7.70. The SMILES string of the molecule is CC(OC1CCCCO1)[C@]12CC[C@H](C1)C(C)(C)C(=O)C2. The molecule has 4 atom stereocenters. The van der Waals surface area contributed by atoms with Crippen molar-refractivity contribution < 1.29 is 14.3 Å². The van der Waals surface area contributed by atoms with E-state index in [1.54, 1.807) is 0 Å². The van der Waals surface area contributed by atoms with Gasteiger partial charge in [0, 0.05) is 23.9 Å². The molecule has 3 rings (SSSR count). The summed E-state index contributed by atoms with van der Waals surface area (Å²) in [4.78, 5) is 12.5. The van der Waals surface area contributed by atoms with Gasteiger partial charge in [-0.1, -0.05) is 13.8 Å². The molecule has 2 unspecified atom stereocenters. The quantitative estimate of drug-likeness (QED) is 0.790. The molecule has 3 heteroatoms. The van der Waals surface area contributed by atoms with Crippen LogP contribution in [0.1, 0.15) is 65.7 Å². The molecule has 0 radical (unpaired) electrons. The van der Waals surface area contributed by atoms with Gasteiger partial charge in [0.05, 0.1) is 6.10 Å².